The predicted molar refractivity (Wildman–Crippen MR) is 60.4 cm³/mol. The van der Waals surface area contributed by atoms with Crippen LogP contribution < -0.4 is 5.32 Å². The average molecular weight is 222 g/mol. The summed E-state index contributed by atoms with van der Waals surface area (Å²) < 4.78 is 13.3. The normalized spacial score (nSPS) is 13.9. The predicted octanol–water partition coefficient (Wildman–Crippen LogP) is 2.13. The summed E-state index contributed by atoms with van der Waals surface area (Å²) in [4.78, 5) is 0. The Morgan fingerprint density at radius 3 is 2.75 bits per heavy atom. The minimum absolute atomic E-state index is 0.0134. The summed E-state index contributed by atoms with van der Waals surface area (Å²) in [7, 11) is 0. The van der Waals surface area contributed by atoms with Crippen LogP contribution in [0.4, 0.5) is 10.1 Å². The second-order valence-corrected chi connectivity index (χ2v) is 3.87. The molecule has 1 rings (SSSR count). The van der Waals surface area contributed by atoms with E-state index in [1.807, 2.05) is 19.9 Å². The molecular weight excluding hydrogens is 207 g/mol. The van der Waals surface area contributed by atoms with E-state index in [0.717, 1.165) is 0 Å². The van der Waals surface area contributed by atoms with Gasteiger partial charge in [0.1, 0.15) is 17.4 Å². The van der Waals surface area contributed by atoms with Crippen LogP contribution in [0.5, 0.6) is 0 Å². The molecule has 4 heteroatoms. The quantitative estimate of drug-likeness (QED) is 0.820. The van der Waals surface area contributed by atoms with Crippen molar-refractivity contribution in [2.24, 2.45) is 5.92 Å². The van der Waals surface area contributed by atoms with Crippen molar-refractivity contribution in [2.75, 3.05) is 11.9 Å². The summed E-state index contributed by atoms with van der Waals surface area (Å²) in [5.74, 6) is -0.494. The van der Waals surface area contributed by atoms with Gasteiger partial charge in [-0.25, -0.2) is 4.39 Å². The standard InChI is InChI=1S/C12H15FN2O/c1-8(7-16)9(2)15-12-5-3-4-11(13)10(12)6-14/h3-5,8-9,15-16H,7H2,1-2H3. The van der Waals surface area contributed by atoms with Gasteiger partial charge in [-0.3, -0.25) is 0 Å². The van der Waals surface area contributed by atoms with Gasteiger partial charge in [-0.05, 0) is 25.0 Å². The van der Waals surface area contributed by atoms with Crippen molar-refractivity contribution in [2.45, 2.75) is 19.9 Å². The van der Waals surface area contributed by atoms with E-state index in [2.05, 4.69) is 5.32 Å². The summed E-state index contributed by atoms with van der Waals surface area (Å²) >= 11 is 0. The lowest BCUT2D eigenvalue weighted by molar-refractivity contribution is 0.226. The van der Waals surface area contributed by atoms with Crippen LogP contribution in [0.1, 0.15) is 19.4 Å². The largest absolute Gasteiger partial charge is 0.396 e. The van der Waals surface area contributed by atoms with E-state index in [1.165, 1.54) is 6.07 Å². The van der Waals surface area contributed by atoms with Crippen molar-refractivity contribution in [3.05, 3.63) is 29.6 Å². The first-order valence-electron chi connectivity index (χ1n) is 5.16. The van der Waals surface area contributed by atoms with Crippen molar-refractivity contribution in [1.29, 1.82) is 5.26 Å². The van der Waals surface area contributed by atoms with Crippen LogP contribution in [0.15, 0.2) is 18.2 Å². The van der Waals surface area contributed by atoms with Crippen LogP contribution in [0, 0.1) is 23.1 Å². The molecule has 0 saturated heterocycles. The van der Waals surface area contributed by atoms with Gasteiger partial charge >= 0.3 is 0 Å². The van der Waals surface area contributed by atoms with Gasteiger partial charge in [-0.1, -0.05) is 13.0 Å². The number of halogens is 1. The third-order valence-electron chi connectivity index (χ3n) is 2.65. The highest BCUT2D eigenvalue weighted by molar-refractivity contribution is 5.58. The summed E-state index contributed by atoms with van der Waals surface area (Å²) in [6, 6.07) is 6.26. The third-order valence-corrected chi connectivity index (χ3v) is 2.65. The fraction of sp³-hybridized carbons (Fsp3) is 0.417. The van der Waals surface area contributed by atoms with Crippen molar-refractivity contribution in [3.8, 4) is 6.07 Å². The molecule has 0 fully saturated rings. The molecule has 2 atom stereocenters. The Labute approximate surface area is 94.5 Å². The van der Waals surface area contributed by atoms with E-state index >= 15 is 0 Å². The van der Waals surface area contributed by atoms with Crippen LogP contribution in [-0.4, -0.2) is 17.8 Å². The molecule has 0 bridgehead atoms. The van der Waals surface area contributed by atoms with Gasteiger partial charge in [0, 0.05) is 12.6 Å². The maximum Gasteiger partial charge on any atom is 0.143 e. The van der Waals surface area contributed by atoms with Gasteiger partial charge in [-0.15, -0.1) is 0 Å². The Kier molecular flexibility index (Phi) is 4.27. The average Bonchev–Trinajstić information content (AvgIpc) is 2.28. The van der Waals surface area contributed by atoms with E-state index in [1.54, 1.807) is 12.1 Å². The molecule has 1 aromatic carbocycles. The van der Waals surface area contributed by atoms with Gasteiger partial charge < -0.3 is 10.4 Å². The molecule has 0 heterocycles. The minimum Gasteiger partial charge on any atom is -0.396 e. The lowest BCUT2D eigenvalue weighted by atomic mass is 10.0. The molecule has 3 nitrogen and oxygen atoms in total. The van der Waals surface area contributed by atoms with Gasteiger partial charge in [0.25, 0.3) is 0 Å². The molecule has 0 aliphatic rings. The Morgan fingerprint density at radius 2 is 2.19 bits per heavy atom. The highest BCUT2D eigenvalue weighted by Gasteiger charge is 2.14. The fourth-order valence-corrected chi connectivity index (χ4v) is 1.30. The molecule has 0 saturated carbocycles. The van der Waals surface area contributed by atoms with E-state index in [9.17, 15) is 4.39 Å². The first-order valence-corrected chi connectivity index (χ1v) is 5.16. The molecule has 0 aliphatic heterocycles. The highest BCUT2D eigenvalue weighted by atomic mass is 19.1. The second kappa shape index (κ2) is 5.47. The van der Waals surface area contributed by atoms with E-state index in [4.69, 9.17) is 10.4 Å². The number of benzene rings is 1. The van der Waals surface area contributed by atoms with Crippen LogP contribution in [0.3, 0.4) is 0 Å². The molecule has 2 N–H and O–H groups in total. The Bertz CT molecular complexity index is 400. The summed E-state index contributed by atoms with van der Waals surface area (Å²) in [5.41, 5.74) is 0.481. The number of hydrogen-bond donors (Lipinski definition) is 2. The molecule has 0 aromatic heterocycles. The zero-order chi connectivity index (χ0) is 12.1. The molecule has 0 amide bonds. The van der Waals surface area contributed by atoms with Crippen LogP contribution >= 0.6 is 0 Å². The van der Waals surface area contributed by atoms with E-state index < -0.39 is 5.82 Å². The van der Waals surface area contributed by atoms with Crippen LogP contribution in [0.2, 0.25) is 0 Å². The number of aliphatic hydroxyl groups excluding tert-OH is 1. The smallest absolute Gasteiger partial charge is 0.143 e. The van der Waals surface area contributed by atoms with Crippen molar-refractivity contribution in [1.82, 2.24) is 0 Å². The van der Waals surface area contributed by atoms with Crippen molar-refractivity contribution >= 4 is 5.69 Å². The molecule has 0 aliphatic carbocycles. The first kappa shape index (κ1) is 12.5. The number of rotatable bonds is 4. The number of anilines is 1. The monoisotopic (exact) mass is 222 g/mol. The Morgan fingerprint density at radius 1 is 1.50 bits per heavy atom. The number of aliphatic hydroxyl groups is 1. The summed E-state index contributed by atoms with van der Waals surface area (Å²) in [6.07, 6.45) is 0. The van der Waals surface area contributed by atoms with Gasteiger partial charge in [0.15, 0.2) is 0 Å². The van der Waals surface area contributed by atoms with E-state index in [-0.39, 0.29) is 24.1 Å². The molecule has 1 aromatic rings. The first-order chi connectivity index (χ1) is 7.60. The zero-order valence-corrected chi connectivity index (χ0v) is 9.37. The highest BCUT2D eigenvalue weighted by Crippen LogP contribution is 2.20. The number of nitrogens with zero attached hydrogens (tertiary/aromatic N) is 1. The number of nitrogens with one attached hydrogen (secondary N) is 1. The minimum atomic E-state index is -0.531. The maximum atomic E-state index is 13.3. The fourth-order valence-electron chi connectivity index (χ4n) is 1.30. The van der Waals surface area contributed by atoms with Crippen LogP contribution in [-0.2, 0) is 0 Å². The SMILES string of the molecule is CC(CO)C(C)Nc1cccc(F)c1C#N. The van der Waals surface area contributed by atoms with Crippen LogP contribution in [0.25, 0.3) is 0 Å². The molecule has 0 spiro atoms. The van der Waals surface area contributed by atoms with E-state index in [0.29, 0.717) is 5.69 Å². The Balaban J connectivity index is 2.90. The topological polar surface area (TPSA) is 56.0 Å². The van der Waals surface area contributed by atoms with Crippen molar-refractivity contribution < 1.29 is 9.50 Å². The molecule has 86 valence electrons. The number of nitriles is 1. The van der Waals surface area contributed by atoms with Gasteiger partial charge in [0.2, 0.25) is 0 Å². The van der Waals surface area contributed by atoms with Crippen molar-refractivity contribution in [3.63, 3.8) is 0 Å². The lowest BCUT2D eigenvalue weighted by Gasteiger charge is -2.21. The number of hydrogen-bond acceptors (Lipinski definition) is 3. The summed E-state index contributed by atoms with van der Waals surface area (Å²) in [6.45, 7) is 3.81. The Hall–Kier alpha value is -1.60. The second-order valence-electron chi connectivity index (χ2n) is 3.87. The lowest BCUT2D eigenvalue weighted by Crippen LogP contribution is -2.26. The maximum absolute atomic E-state index is 13.3. The van der Waals surface area contributed by atoms with Gasteiger partial charge in [-0.2, -0.15) is 5.26 Å². The molecule has 0 radical (unpaired) electrons. The van der Waals surface area contributed by atoms with Gasteiger partial charge in [0.05, 0.1) is 5.69 Å². The molecule has 2 unspecified atom stereocenters. The molecule has 16 heavy (non-hydrogen) atoms. The zero-order valence-electron chi connectivity index (χ0n) is 9.37. The molecular formula is C12H15FN2O. The third kappa shape index (κ3) is 2.71. The summed E-state index contributed by atoms with van der Waals surface area (Å²) in [5, 5.41) is 20.8.